The van der Waals surface area contributed by atoms with Crippen LogP contribution in [0.4, 0.5) is 0 Å². The van der Waals surface area contributed by atoms with Crippen molar-refractivity contribution in [2.45, 2.75) is 33.2 Å². The maximum atomic E-state index is 11.9. The summed E-state index contributed by atoms with van der Waals surface area (Å²) in [7, 11) is 0. The molecule has 96 valence electrons. The number of nitrogens with one attached hydrogen (secondary N) is 2. The van der Waals surface area contributed by atoms with Crippen LogP contribution in [0.5, 0.6) is 0 Å². The van der Waals surface area contributed by atoms with Crippen LogP contribution in [0.2, 0.25) is 0 Å². The average molecular weight is 240 g/mol. The summed E-state index contributed by atoms with van der Waals surface area (Å²) in [5.41, 5.74) is 1.69. The first-order valence-corrected chi connectivity index (χ1v) is 5.90. The summed E-state index contributed by atoms with van der Waals surface area (Å²) in [6, 6.07) is -0.809. The molecule has 1 amide bonds. The van der Waals surface area contributed by atoms with Crippen LogP contribution >= 0.6 is 0 Å². The van der Waals surface area contributed by atoms with Gasteiger partial charge in [-0.2, -0.15) is 0 Å². The molecule has 0 bridgehead atoms. The van der Waals surface area contributed by atoms with E-state index in [1.54, 1.807) is 6.92 Å². The van der Waals surface area contributed by atoms with Crippen molar-refractivity contribution in [3.8, 4) is 0 Å². The van der Waals surface area contributed by atoms with E-state index in [9.17, 15) is 9.59 Å². The topological polar surface area (TPSA) is 78.4 Å². The van der Waals surface area contributed by atoms with Gasteiger partial charge in [0.15, 0.2) is 0 Å². The molecule has 0 aromatic carbocycles. The molecule has 3 N–H and O–H groups in total. The van der Waals surface area contributed by atoms with E-state index in [2.05, 4.69) is 10.6 Å². The molecule has 17 heavy (non-hydrogen) atoms. The number of carboxylic acids is 1. The monoisotopic (exact) mass is 240 g/mol. The third-order valence-electron chi connectivity index (χ3n) is 3.31. The predicted molar refractivity (Wildman–Crippen MR) is 64.6 cm³/mol. The lowest BCUT2D eigenvalue weighted by molar-refractivity contribution is -0.142. The summed E-state index contributed by atoms with van der Waals surface area (Å²) in [4.78, 5) is 22.9. The lowest BCUT2D eigenvalue weighted by atomic mass is 9.98. The molecule has 1 rings (SSSR count). The molecule has 1 unspecified atom stereocenters. The van der Waals surface area contributed by atoms with Crippen LogP contribution in [0.3, 0.4) is 0 Å². The van der Waals surface area contributed by atoms with Gasteiger partial charge < -0.3 is 15.7 Å². The van der Waals surface area contributed by atoms with Crippen molar-refractivity contribution < 1.29 is 14.7 Å². The highest BCUT2D eigenvalue weighted by molar-refractivity contribution is 5.96. The summed E-state index contributed by atoms with van der Waals surface area (Å²) in [5, 5.41) is 14.7. The molecule has 0 spiro atoms. The van der Waals surface area contributed by atoms with Gasteiger partial charge in [0.1, 0.15) is 6.04 Å². The lowest BCUT2D eigenvalue weighted by Gasteiger charge is -2.24. The molecule has 0 aromatic heterocycles. The van der Waals surface area contributed by atoms with Crippen LogP contribution in [0.25, 0.3) is 0 Å². The Hall–Kier alpha value is -1.36. The van der Waals surface area contributed by atoms with Crippen LogP contribution in [0.15, 0.2) is 11.1 Å². The molecule has 0 aliphatic carbocycles. The molecule has 5 heteroatoms. The normalized spacial score (nSPS) is 17.9. The van der Waals surface area contributed by atoms with Gasteiger partial charge in [0, 0.05) is 18.7 Å². The number of hydrogen-bond acceptors (Lipinski definition) is 3. The molecule has 1 aliphatic heterocycles. The van der Waals surface area contributed by atoms with Gasteiger partial charge in [-0.05, 0) is 18.4 Å². The van der Waals surface area contributed by atoms with E-state index in [1.807, 2.05) is 13.8 Å². The Kier molecular flexibility index (Phi) is 4.69. The van der Waals surface area contributed by atoms with E-state index in [0.717, 1.165) is 18.7 Å². The first-order chi connectivity index (χ1) is 7.97. The zero-order valence-corrected chi connectivity index (χ0v) is 10.5. The lowest BCUT2D eigenvalue weighted by Crippen LogP contribution is -2.46. The van der Waals surface area contributed by atoms with Gasteiger partial charge in [-0.25, -0.2) is 4.79 Å². The smallest absolute Gasteiger partial charge is 0.326 e. The van der Waals surface area contributed by atoms with Gasteiger partial charge in [-0.1, -0.05) is 20.3 Å². The van der Waals surface area contributed by atoms with E-state index in [4.69, 9.17) is 5.11 Å². The summed E-state index contributed by atoms with van der Waals surface area (Å²) in [6.45, 7) is 6.92. The van der Waals surface area contributed by atoms with Crippen molar-refractivity contribution in [3.05, 3.63) is 11.1 Å². The fourth-order valence-corrected chi connectivity index (χ4v) is 1.61. The van der Waals surface area contributed by atoms with Gasteiger partial charge in [-0.15, -0.1) is 0 Å². The minimum atomic E-state index is -0.975. The predicted octanol–water partition coefficient (Wildman–Crippen LogP) is 0.522. The summed E-state index contributed by atoms with van der Waals surface area (Å²) >= 11 is 0. The fourth-order valence-electron chi connectivity index (χ4n) is 1.61. The van der Waals surface area contributed by atoms with Gasteiger partial charge >= 0.3 is 5.97 Å². The van der Waals surface area contributed by atoms with Gasteiger partial charge in [0.2, 0.25) is 5.91 Å². The molecular weight excluding hydrogens is 220 g/mol. The minimum Gasteiger partial charge on any atom is -0.480 e. The van der Waals surface area contributed by atoms with E-state index in [0.29, 0.717) is 12.0 Å². The largest absolute Gasteiger partial charge is 0.480 e. The first-order valence-electron chi connectivity index (χ1n) is 5.90. The average Bonchev–Trinajstić information content (AvgIpc) is 2.21. The van der Waals surface area contributed by atoms with E-state index < -0.39 is 12.0 Å². The molecule has 0 aromatic rings. The Labute approximate surface area is 101 Å². The van der Waals surface area contributed by atoms with E-state index in [-0.39, 0.29) is 11.8 Å². The summed E-state index contributed by atoms with van der Waals surface area (Å²) in [6.07, 6.45) is 0.717. The van der Waals surface area contributed by atoms with Crippen molar-refractivity contribution in [3.63, 3.8) is 0 Å². The Morgan fingerprint density at radius 3 is 2.41 bits per heavy atom. The Balaban J connectivity index is 2.67. The number of carboxylic acid groups (broad SMARTS) is 1. The highest BCUT2D eigenvalue weighted by Crippen LogP contribution is 2.12. The van der Waals surface area contributed by atoms with Gasteiger partial charge in [0.05, 0.1) is 0 Å². The number of carbonyl (C=O) groups excluding carboxylic acids is 1. The van der Waals surface area contributed by atoms with Crippen molar-refractivity contribution >= 4 is 11.9 Å². The highest BCUT2D eigenvalue weighted by atomic mass is 16.4. The SMILES string of the molecule is CCC(C)[C@H](NC(=O)C(C)=C1CNC1)C(=O)O. The maximum Gasteiger partial charge on any atom is 0.326 e. The third-order valence-corrected chi connectivity index (χ3v) is 3.31. The van der Waals surface area contributed by atoms with Crippen molar-refractivity contribution in [1.82, 2.24) is 10.6 Å². The molecule has 0 saturated carbocycles. The van der Waals surface area contributed by atoms with E-state index in [1.165, 1.54) is 0 Å². The molecular formula is C12H20N2O3. The molecule has 2 atom stereocenters. The summed E-state index contributed by atoms with van der Waals surface area (Å²) in [5.74, 6) is -1.32. The standard InChI is InChI=1S/C12H20N2O3/c1-4-7(2)10(12(16)17)14-11(15)8(3)9-5-13-6-9/h7,10,13H,4-6H2,1-3H3,(H,14,15)(H,16,17)/t7?,10-/m0/s1. The quantitative estimate of drug-likeness (QED) is 0.612. The number of hydrogen-bond donors (Lipinski definition) is 3. The first kappa shape index (κ1) is 13.7. The molecule has 1 heterocycles. The molecule has 5 nitrogen and oxygen atoms in total. The number of rotatable bonds is 5. The van der Waals surface area contributed by atoms with Crippen molar-refractivity contribution in [1.29, 1.82) is 0 Å². The molecule has 1 aliphatic rings. The van der Waals surface area contributed by atoms with E-state index >= 15 is 0 Å². The van der Waals surface area contributed by atoms with Crippen LogP contribution in [0.1, 0.15) is 27.2 Å². The van der Waals surface area contributed by atoms with Crippen molar-refractivity contribution in [2.75, 3.05) is 13.1 Å². The zero-order chi connectivity index (χ0) is 13.0. The zero-order valence-electron chi connectivity index (χ0n) is 10.5. The Bertz CT molecular complexity index is 344. The third kappa shape index (κ3) is 3.30. The van der Waals surface area contributed by atoms with Crippen molar-refractivity contribution in [2.24, 2.45) is 5.92 Å². The van der Waals surface area contributed by atoms with Crippen LogP contribution in [0, 0.1) is 5.92 Å². The molecule has 0 radical (unpaired) electrons. The molecule has 1 fully saturated rings. The fraction of sp³-hybridized carbons (Fsp3) is 0.667. The van der Waals surface area contributed by atoms with Gasteiger partial charge in [-0.3, -0.25) is 4.79 Å². The second-order valence-electron chi connectivity index (χ2n) is 4.51. The Morgan fingerprint density at radius 1 is 1.47 bits per heavy atom. The maximum absolute atomic E-state index is 11.9. The number of carbonyl (C=O) groups is 2. The minimum absolute atomic E-state index is 0.0752. The van der Waals surface area contributed by atoms with Gasteiger partial charge in [0.25, 0.3) is 0 Å². The Morgan fingerprint density at radius 2 is 2.06 bits per heavy atom. The van der Waals surface area contributed by atoms with Crippen LogP contribution < -0.4 is 10.6 Å². The summed E-state index contributed by atoms with van der Waals surface area (Å²) < 4.78 is 0. The number of amides is 1. The highest BCUT2D eigenvalue weighted by Gasteiger charge is 2.26. The molecule has 1 saturated heterocycles. The second-order valence-corrected chi connectivity index (χ2v) is 4.51. The second kappa shape index (κ2) is 5.82. The van der Waals surface area contributed by atoms with Crippen LogP contribution in [-0.2, 0) is 9.59 Å². The number of aliphatic carboxylic acids is 1. The van der Waals surface area contributed by atoms with Crippen LogP contribution in [-0.4, -0.2) is 36.1 Å².